The summed E-state index contributed by atoms with van der Waals surface area (Å²) in [4.78, 5) is 24.8. The van der Waals surface area contributed by atoms with Gasteiger partial charge in [-0.15, -0.1) is 0 Å². The molecule has 1 aromatic carbocycles. The Labute approximate surface area is 189 Å². The number of hydrogen-bond donors (Lipinski definition) is 3. The largest absolute Gasteiger partial charge is 0.505 e. The van der Waals surface area contributed by atoms with Gasteiger partial charge in [-0.1, -0.05) is 12.1 Å². The number of nitrogens with one attached hydrogen (secondary N) is 2. The lowest BCUT2D eigenvalue weighted by molar-refractivity contribution is 0.206. The van der Waals surface area contributed by atoms with Gasteiger partial charge in [-0.3, -0.25) is 9.89 Å². The maximum atomic E-state index is 12.6. The van der Waals surface area contributed by atoms with Gasteiger partial charge in [-0.2, -0.15) is 17.8 Å². The molecule has 2 aromatic heterocycles. The molecule has 174 valence electrons. The van der Waals surface area contributed by atoms with Crippen molar-refractivity contribution in [1.82, 2.24) is 23.8 Å². The highest BCUT2D eigenvalue weighted by atomic mass is 32.2. The lowest BCUT2D eigenvalue weighted by Gasteiger charge is -2.16. The summed E-state index contributed by atoms with van der Waals surface area (Å²) in [7, 11) is 0.0491. The number of benzene rings is 1. The number of rotatable bonds is 6. The van der Waals surface area contributed by atoms with Crippen molar-refractivity contribution in [3.8, 4) is 34.0 Å². The van der Waals surface area contributed by atoms with E-state index in [1.54, 1.807) is 30.0 Å². The predicted molar refractivity (Wildman–Crippen MR) is 120 cm³/mol. The van der Waals surface area contributed by atoms with Crippen LogP contribution in [0.3, 0.4) is 0 Å². The molecule has 0 bridgehead atoms. The molecular formula is C21H23N5O6S. The number of para-hydroxylation sites is 1. The van der Waals surface area contributed by atoms with Gasteiger partial charge in [0.1, 0.15) is 11.5 Å². The van der Waals surface area contributed by atoms with Crippen LogP contribution in [0.2, 0.25) is 0 Å². The fourth-order valence-corrected chi connectivity index (χ4v) is 3.90. The third-order valence-corrected chi connectivity index (χ3v) is 6.79. The van der Waals surface area contributed by atoms with Crippen LogP contribution in [0, 0.1) is 0 Å². The van der Waals surface area contributed by atoms with Crippen molar-refractivity contribution >= 4 is 16.3 Å². The van der Waals surface area contributed by atoms with Gasteiger partial charge in [0, 0.05) is 43.9 Å². The second-order valence-electron chi connectivity index (χ2n) is 7.90. The molecule has 0 radical (unpaired) electrons. The lowest BCUT2D eigenvalue weighted by atomic mass is 10.0. The van der Waals surface area contributed by atoms with E-state index < -0.39 is 16.3 Å². The highest BCUT2D eigenvalue weighted by molar-refractivity contribution is 7.87. The molecule has 2 heterocycles. The van der Waals surface area contributed by atoms with Crippen molar-refractivity contribution in [1.29, 1.82) is 0 Å². The Hall–Kier alpha value is -3.64. The number of hydrogen-bond acceptors (Lipinski definition) is 7. The fourth-order valence-electron chi connectivity index (χ4n) is 3.47. The van der Waals surface area contributed by atoms with E-state index in [9.17, 15) is 23.1 Å². The molecule has 0 unspecified atom stereocenters. The second kappa shape index (κ2) is 8.37. The topological polar surface area (TPSA) is 147 Å². The van der Waals surface area contributed by atoms with E-state index in [1.807, 2.05) is 0 Å². The van der Waals surface area contributed by atoms with E-state index in [0.29, 0.717) is 22.4 Å². The van der Waals surface area contributed by atoms with Gasteiger partial charge >= 0.3 is 16.3 Å². The van der Waals surface area contributed by atoms with E-state index in [-0.39, 0.29) is 28.7 Å². The molecule has 3 aromatic rings. The highest BCUT2D eigenvalue weighted by Gasteiger charge is 2.30. The standard InChI is InChI=1S/C21H23N5O6S/c1-25(2)33(30,31)24-21(29)32-16-7-5-4-6-13(16)18-15(11-22-23-18)19-20(28)14(12-8-9-12)10-17(27)26(19)3/h4-7,10-12,28H,8-9H2,1-3H3,(H,22,23)(H,24,29). The molecule has 1 saturated carbocycles. The molecule has 1 fully saturated rings. The van der Waals surface area contributed by atoms with E-state index in [1.165, 1.54) is 37.0 Å². The van der Waals surface area contributed by atoms with Crippen molar-refractivity contribution in [2.24, 2.45) is 7.05 Å². The third kappa shape index (κ3) is 4.34. The number of aromatic nitrogens is 3. The zero-order valence-corrected chi connectivity index (χ0v) is 19.0. The first-order valence-electron chi connectivity index (χ1n) is 10.1. The smallest absolute Gasteiger partial charge is 0.427 e. The number of aromatic amines is 1. The second-order valence-corrected chi connectivity index (χ2v) is 9.79. The summed E-state index contributed by atoms with van der Waals surface area (Å²) in [6.07, 6.45) is 2.08. The number of amides is 1. The number of H-pyrrole nitrogens is 1. The number of pyridine rings is 1. The first-order valence-corrected chi connectivity index (χ1v) is 11.5. The summed E-state index contributed by atoms with van der Waals surface area (Å²) < 4.78 is 33.1. The van der Waals surface area contributed by atoms with Crippen LogP contribution in [0.4, 0.5) is 4.79 Å². The normalized spacial score (nSPS) is 13.8. The maximum Gasteiger partial charge on any atom is 0.427 e. The molecule has 11 nitrogen and oxygen atoms in total. The minimum absolute atomic E-state index is 0.00420. The van der Waals surface area contributed by atoms with Gasteiger partial charge < -0.3 is 14.4 Å². The van der Waals surface area contributed by atoms with Gasteiger partial charge in [-0.25, -0.2) is 9.52 Å². The molecule has 3 N–H and O–H groups in total. The van der Waals surface area contributed by atoms with Crippen LogP contribution in [0.15, 0.2) is 41.3 Å². The monoisotopic (exact) mass is 473 g/mol. The van der Waals surface area contributed by atoms with Crippen LogP contribution < -0.4 is 15.0 Å². The number of carbonyl (C=O) groups excluding carboxylic acids is 1. The molecule has 1 aliphatic rings. The van der Waals surface area contributed by atoms with Crippen LogP contribution in [0.25, 0.3) is 22.5 Å². The number of carbonyl (C=O) groups is 1. The third-order valence-electron chi connectivity index (χ3n) is 5.41. The van der Waals surface area contributed by atoms with E-state index in [4.69, 9.17) is 4.74 Å². The first-order chi connectivity index (χ1) is 15.6. The Morgan fingerprint density at radius 3 is 2.64 bits per heavy atom. The highest BCUT2D eigenvalue weighted by Crippen LogP contribution is 2.47. The Morgan fingerprint density at radius 1 is 1.27 bits per heavy atom. The van der Waals surface area contributed by atoms with Crippen LogP contribution in [-0.2, 0) is 17.3 Å². The number of ether oxygens (including phenoxy) is 1. The van der Waals surface area contributed by atoms with Gasteiger partial charge in [0.05, 0.1) is 17.6 Å². The summed E-state index contributed by atoms with van der Waals surface area (Å²) in [5, 5.41) is 17.9. The Morgan fingerprint density at radius 2 is 1.97 bits per heavy atom. The van der Waals surface area contributed by atoms with Crippen LogP contribution >= 0.6 is 0 Å². The first kappa shape index (κ1) is 22.6. The van der Waals surface area contributed by atoms with Gasteiger partial charge in [0.15, 0.2) is 0 Å². The van der Waals surface area contributed by atoms with E-state index >= 15 is 0 Å². The van der Waals surface area contributed by atoms with Gasteiger partial charge in [0.2, 0.25) is 0 Å². The summed E-state index contributed by atoms with van der Waals surface area (Å²) in [5.74, 6) is 0.193. The number of nitrogens with zero attached hydrogens (tertiary/aromatic N) is 3. The molecule has 1 amide bonds. The van der Waals surface area contributed by atoms with Gasteiger partial charge in [0.25, 0.3) is 5.56 Å². The van der Waals surface area contributed by atoms with Crippen molar-refractivity contribution in [2.75, 3.05) is 14.1 Å². The average molecular weight is 474 g/mol. The molecule has 0 saturated heterocycles. The van der Waals surface area contributed by atoms with E-state index in [0.717, 1.165) is 17.1 Å². The van der Waals surface area contributed by atoms with Crippen molar-refractivity contribution in [2.45, 2.75) is 18.8 Å². The van der Waals surface area contributed by atoms with E-state index in [2.05, 4.69) is 10.2 Å². The zero-order valence-electron chi connectivity index (χ0n) is 18.2. The SMILES string of the molecule is CN(C)S(=O)(=O)NC(=O)Oc1ccccc1-c1[nH]ncc1-c1c(O)c(C2CC2)cc(=O)n1C. The summed E-state index contributed by atoms with van der Waals surface area (Å²) in [6, 6.07) is 7.88. The molecule has 4 rings (SSSR count). The number of aromatic hydroxyl groups is 1. The minimum Gasteiger partial charge on any atom is -0.505 e. The summed E-state index contributed by atoms with van der Waals surface area (Å²) in [5.41, 5.74) is 1.79. The van der Waals surface area contributed by atoms with Gasteiger partial charge in [-0.05, 0) is 30.9 Å². The fraction of sp³-hybridized carbons (Fsp3) is 0.286. The molecule has 33 heavy (non-hydrogen) atoms. The Bertz CT molecular complexity index is 1390. The molecule has 0 aliphatic heterocycles. The van der Waals surface area contributed by atoms with Crippen molar-refractivity contribution in [3.63, 3.8) is 0 Å². The zero-order chi connectivity index (χ0) is 23.9. The summed E-state index contributed by atoms with van der Waals surface area (Å²) in [6.45, 7) is 0. The quantitative estimate of drug-likeness (QED) is 0.496. The van der Waals surface area contributed by atoms with Crippen LogP contribution in [0.5, 0.6) is 11.5 Å². The molecular weight excluding hydrogens is 450 g/mol. The minimum atomic E-state index is -4.04. The molecule has 1 aliphatic carbocycles. The molecule has 0 atom stereocenters. The van der Waals surface area contributed by atoms with Crippen molar-refractivity contribution < 1.29 is 23.1 Å². The molecule has 12 heteroatoms. The lowest BCUT2D eigenvalue weighted by Crippen LogP contribution is -2.40. The summed E-state index contributed by atoms with van der Waals surface area (Å²) >= 11 is 0. The Kier molecular flexibility index (Phi) is 5.72. The Balaban J connectivity index is 1.76. The average Bonchev–Trinajstić information content (AvgIpc) is 3.48. The maximum absolute atomic E-state index is 12.6. The predicted octanol–water partition coefficient (Wildman–Crippen LogP) is 1.92. The van der Waals surface area contributed by atoms with Crippen LogP contribution in [0.1, 0.15) is 24.3 Å². The van der Waals surface area contributed by atoms with Crippen molar-refractivity contribution in [3.05, 3.63) is 52.4 Å². The van der Waals surface area contributed by atoms with Crippen LogP contribution in [-0.4, -0.2) is 52.8 Å². The molecule has 0 spiro atoms.